The van der Waals surface area contributed by atoms with E-state index in [0.29, 0.717) is 17.2 Å². The molecule has 0 bridgehead atoms. The predicted molar refractivity (Wildman–Crippen MR) is 114 cm³/mol. The molecule has 0 spiro atoms. The summed E-state index contributed by atoms with van der Waals surface area (Å²) in [6.07, 6.45) is 4.30. The molecule has 1 aromatic carbocycles. The summed E-state index contributed by atoms with van der Waals surface area (Å²) < 4.78 is 7.01. The third-order valence-electron chi connectivity index (χ3n) is 4.68. The number of anilines is 1. The third kappa shape index (κ3) is 3.93. The van der Waals surface area contributed by atoms with E-state index in [4.69, 9.17) is 4.74 Å². The van der Waals surface area contributed by atoms with Crippen LogP contribution in [0.4, 0.5) is 5.69 Å². The van der Waals surface area contributed by atoms with Crippen LogP contribution in [0.5, 0.6) is 5.75 Å². The third-order valence-corrected chi connectivity index (χ3v) is 6.79. The standard InChI is InChI=1S/C20H21N3O3S2/c1-26-16-8-4-2-6-14(16)22-18(24)12-27-11-13-10-19(25)23-15-7-3-5-9-17(15)28-20(23)21-13/h2,4,6,8,10H,3,5,7,9,11-12H2,1H3,(H,22,24). The van der Waals surface area contributed by atoms with Crippen LogP contribution >= 0.6 is 23.1 Å². The van der Waals surface area contributed by atoms with E-state index >= 15 is 0 Å². The van der Waals surface area contributed by atoms with Crippen molar-refractivity contribution in [2.45, 2.75) is 31.4 Å². The lowest BCUT2D eigenvalue weighted by Gasteiger charge is -2.10. The minimum atomic E-state index is -0.112. The number of aryl methyl sites for hydroxylation is 2. The number of para-hydroxylation sites is 2. The highest BCUT2D eigenvalue weighted by Gasteiger charge is 2.18. The van der Waals surface area contributed by atoms with Crippen LogP contribution in [0.1, 0.15) is 29.1 Å². The molecule has 0 aliphatic heterocycles. The molecular weight excluding hydrogens is 394 g/mol. The predicted octanol–water partition coefficient (Wildman–Crippen LogP) is 3.52. The number of amides is 1. The number of nitrogens with zero attached hydrogens (tertiary/aromatic N) is 2. The minimum absolute atomic E-state index is 0.0153. The topological polar surface area (TPSA) is 72.7 Å². The first-order chi connectivity index (χ1) is 13.7. The van der Waals surface area contributed by atoms with Gasteiger partial charge in [0.2, 0.25) is 5.91 Å². The molecule has 1 amide bonds. The van der Waals surface area contributed by atoms with Crippen LogP contribution in [0.2, 0.25) is 0 Å². The summed E-state index contributed by atoms with van der Waals surface area (Å²) in [6, 6.07) is 8.90. The van der Waals surface area contributed by atoms with Gasteiger partial charge in [-0.05, 0) is 37.8 Å². The van der Waals surface area contributed by atoms with Gasteiger partial charge in [0.1, 0.15) is 5.75 Å². The Kier molecular flexibility index (Phi) is 5.68. The highest BCUT2D eigenvalue weighted by atomic mass is 32.2. The van der Waals surface area contributed by atoms with E-state index in [0.717, 1.165) is 35.6 Å². The van der Waals surface area contributed by atoms with Gasteiger partial charge in [0.25, 0.3) is 5.56 Å². The Bertz CT molecular complexity index is 1070. The molecular formula is C20H21N3O3S2. The molecule has 8 heteroatoms. The molecule has 6 nitrogen and oxygen atoms in total. The number of hydrogen-bond acceptors (Lipinski definition) is 6. The lowest BCUT2D eigenvalue weighted by atomic mass is 10.0. The number of nitrogens with one attached hydrogen (secondary N) is 1. The number of thioether (sulfide) groups is 1. The summed E-state index contributed by atoms with van der Waals surface area (Å²) in [4.78, 5) is 31.5. The van der Waals surface area contributed by atoms with Crippen molar-refractivity contribution in [1.29, 1.82) is 0 Å². The molecule has 28 heavy (non-hydrogen) atoms. The second kappa shape index (κ2) is 8.36. The zero-order valence-corrected chi connectivity index (χ0v) is 17.2. The number of carbonyl (C=O) groups is 1. The zero-order valence-electron chi connectivity index (χ0n) is 15.6. The highest BCUT2D eigenvalue weighted by Crippen LogP contribution is 2.28. The molecule has 0 radical (unpaired) electrons. The number of fused-ring (bicyclic) bond motifs is 3. The van der Waals surface area contributed by atoms with Crippen molar-refractivity contribution >= 4 is 39.7 Å². The van der Waals surface area contributed by atoms with Crippen LogP contribution in [-0.4, -0.2) is 28.2 Å². The average Bonchev–Trinajstić information content (AvgIpc) is 3.07. The second-order valence-electron chi connectivity index (χ2n) is 6.62. The van der Waals surface area contributed by atoms with Crippen LogP contribution in [0.3, 0.4) is 0 Å². The van der Waals surface area contributed by atoms with Crippen molar-refractivity contribution < 1.29 is 9.53 Å². The molecule has 2 heterocycles. The number of rotatable bonds is 6. The Morgan fingerprint density at radius 1 is 1.32 bits per heavy atom. The quantitative estimate of drug-likeness (QED) is 0.667. The van der Waals surface area contributed by atoms with E-state index in [9.17, 15) is 9.59 Å². The number of carbonyl (C=O) groups excluding carboxylic acids is 1. The van der Waals surface area contributed by atoms with Gasteiger partial charge in [0, 0.05) is 22.4 Å². The summed E-state index contributed by atoms with van der Waals surface area (Å²) in [5.41, 5.74) is 2.49. The Hall–Kier alpha value is -2.32. The maximum Gasteiger partial charge on any atom is 0.259 e. The van der Waals surface area contributed by atoms with Gasteiger partial charge in [-0.3, -0.25) is 14.0 Å². The Morgan fingerprint density at radius 3 is 3.00 bits per heavy atom. The lowest BCUT2D eigenvalue weighted by molar-refractivity contribution is -0.113. The maximum atomic E-state index is 12.6. The van der Waals surface area contributed by atoms with Crippen LogP contribution in [0.15, 0.2) is 35.1 Å². The molecule has 0 unspecified atom stereocenters. The van der Waals surface area contributed by atoms with Gasteiger partial charge in [-0.2, -0.15) is 0 Å². The molecule has 0 saturated carbocycles. The van der Waals surface area contributed by atoms with Crippen molar-refractivity contribution in [3.05, 3.63) is 57.0 Å². The smallest absolute Gasteiger partial charge is 0.259 e. The Morgan fingerprint density at radius 2 is 2.14 bits per heavy atom. The molecule has 4 rings (SSSR count). The summed E-state index contributed by atoms with van der Waals surface area (Å²) in [5, 5.41) is 2.85. The summed E-state index contributed by atoms with van der Waals surface area (Å²) in [7, 11) is 1.57. The van der Waals surface area contributed by atoms with Crippen LogP contribution in [-0.2, 0) is 23.4 Å². The number of aromatic nitrogens is 2. The van der Waals surface area contributed by atoms with Gasteiger partial charge in [-0.1, -0.05) is 12.1 Å². The fourth-order valence-electron chi connectivity index (χ4n) is 3.40. The zero-order chi connectivity index (χ0) is 19.5. The fourth-order valence-corrected chi connectivity index (χ4v) is 5.35. The summed E-state index contributed by atoms with van der Waals surface area (Å²) in [5.74, 6) is 1.31. The van der Waals surface area contributed by atoms with Crippen molar-refractivity contribution in [1.82, 2.24) is 9.38 Å². The van der Waals surface area contributed by atoms with Gasteiger partial charge in [0.15, 0.2) is 4.96 Å². The normalized spacial score (nSPS) is 13.3. The molecule has 0 fully saturated rings. The second-order valence-corrected chi connectivity index (χ2v) is 8.67. The van der Waals surface area contributed by atoms with Crippen molar-refractivity contribution in [2.24, 2.45) is 0 Å². The number of thiazole rings is 1. The molecule has 0 atom stereocenters. The minimum Gasteiger partial charge on any atom is -0.495 e. The van der Waals surface area contributed by atoms with Gasteiger partial charge in [0.05, 0.1) is 24.2 Å². The van der Waals surface area contributed by atoms with E-state index < -0.39 is 0 Å². The van der Waals surface area contributed by atoms with E-state index in [1.54, 1.807) is 41.0 Å². The molecule has 1 aliphatic carbocycles. The van der Waals surface area contributed by atoms with Gasteiger partial charge in [-0.15, -0.1) is 23.1 Å². The summed E-state index contributed by atoms with van der Waals surface area (Å²) in [6.45, 7) is 0. The molecule has 3 aromatic rings. The number of hydrogen-bond donors (Lipinski definition) is 1. The molecule has 2 aromatic heterocycles. The van der Waals surface area contributed by atoms with Gasteiger partial charge in [-0.25, -0.2) is 4.98 Å². The first kappa shape index (κ1) is 19.0. The van der Waals surface area contributed by atoms with Crippen molar-refractivity contribution in [3.8, 4) is 5.75 Å². The van der Waals surface area contributed by atoms with Gasteiger partial charge >= 0.3 is 0 Å². The van der Waals surface area contributed by atoms with Gasteiger partial charge < -0.3 is 10.1 Å². The van der Waals surface area contributed by atoms with Crippen LogP contribution in [0, 0.1) is 0 Å². The maximum absolute atomic E-state index is 12.6. The summed E-state index contributed by atoms with van der Waals surface area (Å²) >= 11 is 3.06. The molecule has 146 valence electrons. The average molecular weight is 416 g/mol. The first-order valence-electron chi connectivity index (χ1n) is 9.19. The van der Waals surface area contributed by atoms with E-state index in [1.807, 2.05) is 12.1 Å². The lowest BCUT2D eigenvalue weighted by Crippen LogP contribution is -2.18. The number of ether oxygens (including phenoxy) is 1. The highest BCUT2D eigenvalue weighted by molar-refractivity contribution is 7.99. The van der Waals surface area contributed by atoms with E-state index in [1.165, 1.54) is 23.1 Å². The monoisotopic (exact) mass is 415 g/mol. The molecule has 0 saturated heterocycles. The fraction of sp³-hybridized carbons (Fsp3) is 0.350. The van der Waals surface area contributed by atoms with Crippen molar-refractivity contribution in [2.75, 3.05) is 18.2 Å². The Labute approximate surface area is 171 Å². The Balaban J connectivity index is 1.40. The molecule has 1 N–H and O–H groups in total. The largest absolute Gasteiger partial charge is 0.495 e. The van der Waals surface area contributed by atoms with Crippen LogP contribution < -0.4 is 15.6 Å². The van der Waals surface area contributed by atoms with Crippen molar-refractivity contribution in [3.63, 3.8) is 0 Å². The molecule has 1 aliphatic rings. The van der Waals surface area contributed by atoms with Crippen LogP contribution in [0.25, 0.3) is 4.96 Å². The first-order valence-corrected chi connectivity index (χ1v) is 11.2. The number of methoxy groups -OCH3 is 1. The van der Waals surface area contributed by atoms with E-state index in [-0.39, 0.29) is 17.2 Å². The van der Waals surface area contributed by atoms with E-state index in [2.05, 4.69) is 10.3 Å². The SMILES string of the molecule is COc1ccccc1NC(=O)CSCc1cc(=O)n2c3c(sc2n1)CCCC3. The number of benzene rings is 1.